The van der Waals surface area contributed by atoms with Crippen molar-refractivity contribution in [2.24, 2.45) is 0 Å². The van der Waals surface area contributed by atoms with Crippen LogP contribution in [-0.2, 0) is 4.70 Å². The van der Waals surface area contributed by atoms with E-state index >= 15 is 0 Å². The van der Waals surface area contributed by atoms with E-state index in [1.165, 1.54) is 51.5 Å². The molecule has 7 heteroatoms. The van der Waals surface area contributed by atoms with E-state index in [1.54, 1.807) is 12.1 Å². The van der Waals surface area contributed by atoms with Crippen molar-refractivity contribution in [3.05, 3.63) is 147 Å². The van der Waals surface area contributed by atoms with Gasteiger partial charge in [0.1, 0.15) is 0 Å². The van der Waals surface area contributed by atoms with Crippen molar-refractivity contribution in [2.45, 2.75) is 7.43 Å². The molecule has 0 saturated carbocycles. The van der Waals surface area contributed by atoms with Gasteiger partial charge in [-0.15, -0.1) is 22.7 Å². The second kappa shape index (κ2) is 14.9. The summed E-state index contributed by atoms with van der Waals surface area (Å²) >= 11 is 14.2. The molecule has 2 aromatic heterocycles. The Hall–Kier alpha value is -2.94. The van der Waals surface area contributed by atoms with Gasteiger partial charge in [-0.25, -0.2) is 0 Å². The fraction of sp³-hybridized carbons (Fsp3) is 0.0270. The molecule has 1 nitrogen and oxygen atoms in total. The third-order valence-corrected chi connectivity index (χ3v) is 10.6. The van der Waals surface area contributed by atoms with E-state index < -0.39 is 0 Å². The van der Waals surface area contributed by atoms with Gasteiger partial charge in [-0.05, 0) is 53.6 Å². The number of halogens is 3. The van der Waals surface area contributed by atoms with Crippen LogP contribution in [0.5, 0.6) is 0 Å². The molecular formula is C37H26BBr3OS2. The van der Waals surface area contributed by atoms with Crippen LogP contribution in [0.1, 0.15) is 7.43 Å². The van der Waals surface area contributed by atoms with Crippen LogP contribution in [0.4, 0.5) is 0 Å². The fourth-order valence-electron chi connectivity index (χ4n) is 4.82. The maximum absolute atomic E-state index is 10.0. The molecule has 0 radical (unpaired) electrons. The standard InChI is InChI=1S/C18H11BrS.C12H6Br2S.C6H5BO.CH4/c19-14-7-9-16-15-8-6-13(12-4-2-1-3-5-12)10-17(15)20-18(16)11-14;13-7-1-3-9-10-4-2-8(14)6-12(10)15-11(9)5-7;8-7-6-4-2-1-3-5-6;/h1-11H;1-6H;1-5H;1H4. The van der Waals surface area contributed by atoms with Crippen molar-refractivity contribution >= 4 is 123 Å². The molecule has 0 spiro atoms. The van der Waals surface area contributed by atoms with Crippen LogP contribution in [-0.4, -0.2) is 7.15 Å². The van der Waals surface area contributed by atoms with Gasteiger partial charge in [-0.3, -0.25) is 0 Å². The minimum atomic E-state index is 0. The van der Waals surface area contributed by atoms with Crippen LogP contribution in [0.2, 0.25) is 0 Å². The zero-order valence-corrected chi connectivity index (χ0v) is 29.0. The van der Waals surface area contributed by atoms with Gasteiger partial charge < -0.3 is 0 Å². The van der Waals surface area contributed by atoms with E-state index in [2.05, 4.69) is 151 Å². The summed E-state index contributed by atoms with van der Waals surface area (Å²) in [7, 11) is 0.833. The predicted octanol–water partition coefficient (Wildman–Crippen LogP) is 13.1. The van der Waals surface area contributed by atoms with Crippen LogP contribution in [0.25, 0.3) is 51.5 Å². The summed E-state index contributed by atoms with van der Waals surface area (Å²) in [5.41, 5.74) is 3.28. The molecule has 8 rings (SSSR count). The van der Waals surface area contributed by atoms with E-state index in [-0.39, 0.29) is 7.43 Å². The van der Waals surface area contributed by atoms with Crippen LogP contribution in [0.15, 0.2) is 147 Å². The molecular weight excluding hydrogens is 775 g/mol. The molecule has 8 aromatic rings. The van der Waals surface area contributed by atoms with E-state index in [1.807, 2.05) is 40.9 Å². The van der Waals surface area contributed by atoms with Crippen LogP contribution < -0.4 is 5.46 Å². The zero-order chi connectivity index (χ0) is 29.8. The quantitative estimate of drug-likeness (QED) is 0.159. The molecule has 0 saturated heterocycles. The third kappa shape index (κ3) is 7.47. The summed E-state index contributed by atoms with van der Waals surface area (Å²) in [4.78, 5) is 0. The Morgan fingerprint density at radius 2 is 0.818 bits per heavy atom. The Kier molecular flexibility index (Phi) is 11.0. The molecule has 6 aromatic carbocycles. The van der Waals surface area contributed by atoms with Crippen molar-refractivity contribution in [3.63, 3.8) is 0 Å². The number of thiophene rings is 2. The average molecular weight is 801 g/mol. The summed E-state index contributed by atoms with van der Waals surface area (Å²) < 4.78 is 18.8. The van der Waals surface area contributed by atoms with E-state index in [4.69, 9.17) is 0 Å². The Balaban J connectivity index is 0.000000141. The average Bonchev–Trinajstić information content (AvgIpc) is 3.58. The molecule has 44 heavy (non-hydrogen) atoms. The van der Waals surface area contributed by atoms with Gasteiger partial charge in [0, 0.05) is 53.8 Å². The van der Waals surface area contributed by atoms with Gasteiger partial charge in [-0.1, -0.05) is 116 Å². The fourth-order valence-corrected chi connectivity index (χ4v) is 8.72. The van der Waals surface area contributed by atoms with E-state index in [0.29, 0.717) is 0 Å². The normalized spacial score (nSPS) is 10.4. The van der Waals surface area contributed by atoms with Crippen molar-refractivity contribution in [2.75, 3.05) is 0 Å². The first kappa shape index (κ1) is 32.5. The Morgan fingerprint density at radius 1 is 0.432 bits per heavy atom. The van der Waals surface area contributed by atoms with Gasteiger partial charge in [0.25, 0.3) is 0 Å². The molecule has 0 aliphatic carbocycles. The summed E-state index contributed by atoms with van der Waals surface area (Å²) in [5.74, 6) is 0. The van der Waals surface area contributed by atoms with Gasteiger partial charge in [0.15, 0.2) is 0 Å². The molecule has 0 bridgehead atoms. The number of rotatable bonds is 2. The molecule has 0 amide bonds. The molecule has 216 valence electrons. The first-order valence-corrected chi connectivity index (χ1v) is 17.4. The van der Waals surface area contributed by atoms with Crippen molar-refractivity contribution in [1.82, 2.24) is 0 Å². The van der Waals surface area contributed by atoms with E-state index in [9.17, 15) is 4.70 Å². The van der Waals surface area contributed by atoms with Crippen LogP contribution >= 0.6 is 70.5 Å². The first-order chi connectivity index (χ1) is 21.0. The van der Waals surface area contributed by atoms with Gasteiger partial charge in [0.05, 0.1) is 0 Å². The summed E-state index contributed by atoms with van der Waals surface area (Å²) in [5, 5.41) is 5.36. The third-order valence-electron chi connectivity index (χ3n) is 6.88. The molecule has 0 aliphatic rings. The van der Waals surface area contributed by atoms with Crippen LogP contribution in [0, 0.1) is 0 Å². The molecule has 0 fully saturated rings. The molecule has 0 atom stereocenters. The second-order valence-corrected chi connectivity index (χ2v) is 14.6. The monoisotopic (exact) mass is 798 g/mol. The minimum absolute atomic E-state index is 0. The number of fused-ring (bicyclic) bond motifs is 6. The van der Waals surface area contributed by atoms with Crippen molar-refractivity contribution in [1.29, 1.82) is 0 Å². The summed E-state index contributed by atoms with van der Waals surface area (Å²) in [6.07, 6.45) is 0. The SMILES string of the molecule is Brc1ccc2c(c1)sc1cc(-c3ccccc3)ccc12.Brc1ccc2c(c1)sc1cc(Br)ccc12.C.O=Bc1ccccc1. The summed E-state index contributed by atoms with van der Waals surface area (Å²) in [6.45, 7) is 0. The van der Waals surface area contributed by atoms with Crippen molar-refractivity contribution in [3.8, 4) is 11.1 Å². The second-order valence-electron chi connectivity index (χ2n) is 9.73. The van der Waals surface area contributed by atoms with Crippen LogP contribution in [0.3, 0.4) is 0 Å². The molecule has 0 unspecified atom stereocenters. The number of benzene rings is 6. The predicted molar refractivity (Wildman–Crippen MR) is 206 cm³/mol. The van der Waals surface area contributed by atoms with Crippen molar-refractivity contribution < 1.29 is 4.70 Å². The molecule has 2 heterocycles. The summed E-state index contributed by atoms with van der Waals surface area (Å²) in [6, 6.07) is 45.8. The Morgan fingerprint density at radius 3 is 1.23 bits per heavy atom. The Labute approximate surface area is 291 Å². The number of hydrogen-bond donors (Lipinski definition) is 0. The van der Waals surface area contributed by atoms with Gasteiger partial charge >= 0.3 is 47.6 Å². The molecule has 0 aliphatic heterocycles. The van der Waals surface area contributed by atoms with E-state index in [0.717, 1.165) is 26.0 Å². The maximum atomic E-state index is 10.0. The van der Waals surface area contributed by atoms with Gasteiger partial charge in [0.2, 0.25) is 0 Å². The van der Waals surface area contributed by atoms with Gasteiger partial charge in [-0.2, -0.15) is 0 Å². The zero-order valence-electron chi connectivity index (χ0n) is 22.6. The Bertz CT molecular complexity index is 2140. The first-order valence-electron chi connectivity index (χ1n) is 13.4. The number of hydrogen-bond acceptors (Lipinski definition) is 3. The molecule has 0 N–H and O–H groups in total. The topological polar surface area (TPSA) is 17.1 Å².